The van der Waals surface area contributed by atoms with Crippen LogP contribution < -0.4 is 4.74 Å². The minimum atomic E-state index is 0.464. The number of nitriles is 1. The first-order valence-corrected chi connectivity index (χ1v) is 9.02. The molecule has 0 spiro atoms. The van der Waals surface area contributed by atoms with E-state index < -0.39 is 0 Å². The summed E-state index contributed by atoms with van der Waals surface area (Å²) in [5, 5.41) is 8.72. The van der Waals surface area contributed by atoms with E-state index >= 15 is 0 Å². The molecule has 0 aliphatic carbocycles. The molecule has 0 N–H and O–H groups in total. The highest BCUT2D eigenvalue weighted by atomic mass is 16.5. The standard InChI is InChI=1S/C22H27NO/c1-2-3-4-5-6-7-18-24-22-14-12-21(13-15-22)20-10-8-19(9-11-20)16-17-23/h8-15H,2-7,16,18H2,1H3. The predicted molar refractivity (Wildman–Crippen MR) is 100 cm³/mol. The maximum Gasteiger partial charge on any atom is 0.119 e. The average molecular weight is 321 g/mol. The lowest BCUT2D eigenvalue weighted by molar-refractivity contribution is 0.304. The van der Waals surface area contributed by atoms with Gasteiger partial charge in [0.25, 0.3) is 0 Å². The topological polar surface area (TPSA) is 33.0 Å². The van der Waals surface area contributed by atoms with E-state index in [0.29, 0.717) is 6.42 Å². The molecule has 0 aromatic heterocycles. The lowest BCUT2D eigenvalue weighted by Crippen LogP contribution is -1.97. The quantitative estimate of drug-likeness (QED) is 0.491. The van der Waals surface area contributed by atoms with Crippen molar-refractivity contribution in [3.05, 3.63) is 54.1 Å². The summed E-state index contributed by atoms with van der Waals surface area (Å²) in [4.78, 5) is 0. The molecule has 0 unspecified atom stereocenters. The minimum absolute atomic E-state index is 0.464. The van der Waals surface area contributed by atoms with E-state index in [4.69, 9.17) is 10.00 Å². The molecule has 0 fully saturated rings. The van der Waals surface area contributed by atoms with Crippen LogP contribution in [0.5, 0.6) is 5.75 Å². The van der Waals surface area contributed by atoms with Gasteiger partial charge >= 0.3 is 0 Å². The van der Waals surface area contributed by atoms with Crippen molar-refractivity contribution >= 4 is 0 Å². The Kier molecular flexibility index (Phi) is 7.90. The van der Waals surface area contributed by atoms with Gasteiger partial charge in [0.05, 0.1) is 19.1 Å². The molecule has 2 heteroatoms. The van der Waals surface area contributed by atoms with Gasteiger partial charge in [0, 0.05) is 0 Å². The van der Waals surface area contributed by atoms with Crippen LogP contribution in [0.25, 0.3) is 11.1 Å². The highest BCUT2D eigenvalue weighted by molar-refractivity contribution is 5.64. The summed E-state index contributed by atoms with van der Waals surface area (Å²) in [5.41, 5.74) is 3.39. The van der Waals surface area contributed by atoms with Crippen LogP contribution in [0.15, 0.2) is 48.5 Å². The molecule has 0 heterocycles. The summed E-state index contributed by atoms with van der Waals surface area (Å²) < 4.78 is 5.82. The molecule has 2 nitrogen and oxygen atoms in total. The third-order valence-electron chi connectivity index (χ3n) is 4.19. The minimum Gasteiger partial charge on any atom is -0.494 e. The van der Waals surface area contributed by atoms with Gasteiger partial charge in [0.1, 0.15) is 5.75 Å². The lowest BCUT2D eigenvalue weighted by atomic mass is 10.0. The Morgan fingerprint density at radius 3 is 2.00 bits per heavy atom. The number of ether oxygens (including phenoxy) is 1. The van der Waals surface area contributed by atoms with Gasteiger partial charge in [-0.1, -0.05) is 75.4 Å². The average Bonchev–Trinajstić information content (AvgIpc) is 2.62. The highest BCUT2D eigenvalue weighted by Gasteiger charge is 2.00. The van der Waals surface area contributed by atoms with Gasteiger partial charge < -0.3 is 4.74 Å². The van der Waals surface area contributed by atoms with Crippen molar-refractivity contribution in [2.45, 2.75) is 51.9 Å². The summed E-state index contributed by atoms with van der Waals surface area (Å²) in [6, 6.07) is 18.6. The Bertz CT molecular complexity index is 623. The van der Waals surface area contributed by atoms with Gasteiger partial charge in [-0.2, -0.15) is 5.26 Å². The molecule has 126 valence electrons. The number of unbranched alkanes of at least 4 members (excludes halogenated alkanes) is 5. The molecule has 0 radical (unpaired) electrons. The van der Waals surface area contributed by atoms with E-state index in [1.54, 1.807) is 0 Å². The Hall–Kier alpha value is -2.27. The molecule has 24 heavy (non-hydrogen) atoms. The van der Waals surface area contributed by atoms with Crippen molar-refractivity contribution in [2.24, 2.45) is 0 Å². The SMILES string of the molecule is CCCCCCCCOc1ccc(-c2ccc(CC#N)cc2)cc1. The van der Waals surface area contributed by atoms with Crippen LogP contribution in [0.3, 0.4) is 0 Å². The zero-order valence-corrected chi connectivity index (χ0v) is 14.6. The molecule has 0 saturated carbocycles. The smallest absolute Gasteiger partial charge is 0.119 e. The summed E-state index contributed by atoms with van der Waals surface area (Å²) >= 11 is 0. The maximum atomic E-state index is 8.72. The number of hydrogen-bond acceptors (Lipinski definition) is 2. The Morgan fingerprint density at radius 1 is 0.792 bits per heavy atom. The Morgan fingerprint density at radius 2 is 1.38 bits per heavy atom. The van der Waals surface area contributed by atoms with E-state index in [9.17, 15) is 0 Å². The first kappa shape index (κ1) is 18.1. The summed E-state index contributed by atoms with van der Waals surface area (Å²) in [5.74, 6) is 0.938. The summed E-state index contributed by atoms with van der Waals surface area (Å²) in [7, 11) is 0. The summed E-state index contributed by atoms with van der Waals surface area (Å²) in [6.45, 7) is 3.04. The normalized spacial score (nSPS) is 10.3. The number of benzene rings is 2. The fourth-order valence-corrected chi connectivity index (χ4v) is 2.72. The van der Waals surface area contributed by atoms with E-state index in [2.05, 4.69) is 37.3 Å². The van der Waals surface area contributed by atoms with Crippen LogP contribution in [-0.4, -0.2) is 6.61 Å². The van der Waals surface area contributed by atoms with E-state index in [1.807, 2.05) is 24.3 Å². The van der Waals surface area contributed by atoms with Crippen molar-refractivity contribution < 1.29 is 4.74 Å². The number of nitrogens with zero attached hydrogens (tertiary/aromatic N) is 1. The van der Waals surface area contributed by atoms with Gasteiger partial charge in [0.15, 0.2) is 0 Å². The van der Waals surface area contributed by atoms with Crippen LogP contribution in [0.1, 0.15) is 51.0 Å². The fourth-order valence-electron chi connectivity index (χ4n) is 2.72. The summed E-state index contributed by atoms with van der Waals surface area (Å²) in [6.07, 6.45) is 8.16. The van der Waals surface area contributed by atoms with E-state index in [1.165, 1.54) is 43.2 Å². The van der Waals surface area contributed by atoms with Crippen molar-refractivity contribution in [3.63, 3.8) is 0 Å². The highest BCUT2D eigenvalue weighted by Crippen LogP contribution is 2.23. The maximum absolute atomic E-state index is 8.72. The van der Waals surface area contributed by atoms with Crippen molar-refractivity contribution in [2.75, 3.05) is 6.61 Å². The van der Waals surface area contributed by atoms with Crippen molar-refractivity contribution in [1.29, 1.82) is 5.26 Å². The van der Waals surface area contributed by atoms with E-state index in [-0.39, 0.29) is 0 Å². The lowest BCUT2D eigenvalue weighted by Gasteiger charge is -2.08. The van der Waals surface area contributed by atoms with Crippen LogP contribution >= 0.6 is 0 Å². The van der Waals surface area contributed by atoms with Crippen LogP contribution in [0.2, 0.25) is 0 Å². The van der Waals surface area contributed by atoms with Gasteiger partial charge in [-0.15, -0.1) is 0 Å². The monoisotopic (exact) mass is 321 g/mol. The van der Waals surface area contributed by atoms with Crippen molar-refractivity contribution in [3.8, 4) is 22.9 Å². The van der Waals surface area contributed by atoms with Gasteiger partial charge in [0.2, 0.25) is 0 Å². The second-order valence-corrected chi connectivity index (χ2v) is 6.17. The van der Waals surface area contributed by atoms with Gasteiger partial charge in [-0.05, 0) is 35.2 Å². The van der Waals surface area contributed by atoms with Gasteiger partial charge in [-0.3, -0.25) is 0 Å². The molecular weight excluding hydrogens is 294 g/mol. The number of rotatable bonds is 10. The third-order valence-corrected chi connectivity index (χ3v) is 4.19. The van der Waals surface area contributed by atoms with Crippen molar-refractivity contribution in [1.82, 2.24) is 0 Å². The fraction of sp³-hybridized carbons (Fsp3) is 0.409. The van der Waals surface area contributed by atoms with Crippen LogP contribution in [0, 0.1) is 11.3 Å². The third kappa shape index (κ3) is 6.08. The van der Waals surface area contributed by atoms with Crippen LogP contribution in [-0.2, 0) is 6.42 Å². The first-order valence-electron chi connectivity index (χ1n) is 9.02. The Labute approximate surface area is 146 Å². The molecular formula is C22H27NO. The predicted octanol–water partition coefficient (Wildman–Crippen LogP) is 6.16. The van der Waals surface area contributed by atoms with E-state index in [0.717, 1.165) is 24.3 Å². The van der Waals surface area contributed by atoms with Crippen LogP contribution in [0.4, 0.5) is 0 Å². The second-order valence-electron chi connectivity index (χ2n) is 6.17. The molecule has 0 bridgehead atoms. The molecule has 0 aliphatic heterocycles. The zero-order chi connectivity index (χ0) is 17.0. The molecule has 2 aromatic rings. The molecule has 0 saturated heterocycles. The molecule has 0 atom stereocenters. The Balaban J connectivity index is 1.77. The van der Waals surface area contributed by atoms with Gasteiger partial charge in [-0.25, -0.2) is 0 Å². The molecule has 2 rings (SSSR count). The second kappa shape index (κ2) is 10.5. The zero-order valence-electron chi connectivity index (χ0n) is 14.6. The molecule has 2 aromatic carbocycles. The largest absolute Gasteiger partial charge is 0.494 e. The first-order chi connectivity index (χ1) is 11.8. The number of hydrogen-bond donors (Lipinski definition) is 0. The molecule has 0 aliphatic rings. The molecule has 0 amide bonds.